The van der Waals surface area contributed by atoms with Crippen molar-refractivity contribution in [1.29, 1.82) is 0 Å². The van der Waals surface area contributed by atoms with Gasteiger partial charge in [0.2, 0.25) is 0 Å². The van der Waals surface area contributed by atoms with Gasteiger partial charge in [-0.05, 0) is 25.8 Å². The molecule has 1 aliphatic carbocycles. The molecule has 0 saturated heterocycles. The van der Waals surface area contributed by atoms with E-state index < -0.39 is 0 Å². The maximum absolute atomic E-state index is 4.69. The standard InChI is InChI=1S/C12H14N2/c1-2-14-11-6-4-3-5-10(11)12(13-14)9-7-8-9/h3-6,9H,2,7-8H2,1H3. The molecular weight excluding hydrogens is 172 g/mol. The van der Waals surface area contributed by atoms with Crippen molar-refractivity contribution in [3.63, 3.8) is 0 Å². The molecule has 1 aromatic heterocycles. The molecule has 0 amide bonds. The average molecular weight is 186 g/mol. The lowest BCUT2D eigenvalue weighted by atomic mass is 10.1. The van der Waals surface area contributed by atoms with Crippen LogP contribution >= 0.6 is 0 Å². The summed E-state index contributed by atoms with van der Waals surface area (Å²) in [5.74, 6) is 0.743. The van der Waals surface area contributed by atoms with Crippen molar-refractivity contribution in [3.8, 4) is 0 Å². The molecule has 0 radical (unpaired) electrons. The maximum Gasteiger partial charge on any atom is 0.0734 e. The van der Waals surface area contributed by atoms with Crippen LogP contribution in [-0.4, -0.2) is 9.78 Å². The molecule has 1 aromatic carbocycles. The summed E-state index contributed by atoms with van der Waals surface area (Å²) in [4.78, 5) is 0. The molecule has 1 heterocycles. The molecule has 0 aliphatic heterocycles. The Morgan fingerprint density at radius 1 is 1.36 bits per heavy atom. The monoisotopic (exact) mass is 186 g/mol. The predicted octanol–water partition coefficient (Wildman–Crippen LogP) is 2.93. The third-order valence-corrected chi connectivity index (χ3v) is 2.95. The Morgan fingerprint density at radius 3 is 2.86 bits per heavy atom. The first-order chi connectivity index (χ1) is 6.90. The molecule has 2 nitrogen and oxygen atoms in total. The number of nitrogens with zero attached hydrogens (tertiary/aromatic N) is 2. The Hall–Kier alpha value is -1.31. The molecule has 1 saturated carbocycles. The van der Waals surface area contributed by atoms with Crippen molar-refractivity contribution < 1.29 is 0 Å². The molecule has 3 rings (SSSR count). The number of fused-ring (bicyclic) bond motifs is 1. The lowest BCUT2D eigenvalue weighted by Crippen LogP contribution is -1.96. The Labute approximate surface area is 83.5 Å². The number of aromatic nitrogens is 2. The highest BCUT2D eigenvalue weighted by molar-refractivity contribution is 5.82. The van der Waals surface area contributed by atoms with Gasteiger partial charge in [0.05, 0.1) is 11.2 Å². The predicted molar refractivity (Wildman–Crippen MR) is 57.4 cm³/mol. The maximum atomic E-state index is 4.69. The number of rotatable bonds is 2. The van der Waals surface area contributed by atoms with Gasteiger partial charge in [-0.3, -0.25) is 4.68 Å². The fourth-order valence-corrected chi connectivity index (χ4v) is 2.05. The summed E-state index contributed by atoms with van der Waals surface area (Å²) in [5, 5.41) is 6.04. The first-order valence-electron chi connectivity index (χ1n) is 5.35. The molecule has 0 spiro atoms. The van der Waals surface area contributed by atoms with Crippen molar-refractivity contribution >= 4 is 10.9 Å². The molecular formula is C12H14N2. The van der Waals surface area contributed by atoms with Gasteiger partial charge < -0.3 is 0 Å². The second kappa shape index (κ2) is 2.84. The third-order valence-electron chi connectivity index (χ3n) is 2.95. The third kappa shape index (κ3) is 1.07. The number of para-hydroxylation sites is 1. The van der Waals surface area contributed by atoms with E-state index >= 15 is 0 Å². The van der Waals surface area contributed by atoms with E-state index in [-0.39, 0.29) is 0 Å². The second-order valence-corrected chi connectivity index (χ2v) is 3.99. The van der Waals surface area contributed by atoms with Crippen LogP contribution in [0.2, 0.25) is 0 Å². The average Bonchev–Trinajstić information content (AvgIpc) is 3.00. The van der Waals surface area contributed by atoms with Crippen LogP contribution in [0.5, 0.6) is 0 Å². The van der Waals surface area contributed by atoms with Gasteiger partial charge in [-0.1, -0.05) is 18.2 Å². The molecule has 14 heavy (non-hydrogen) atoms. The van der Waals surface area contributed by atoms with Crippen LogP contribution in [0, 0.1) is 0 Å². The Morgan fingerprint density at radius 2 is 2.14 bits per heavy atom. The zero-order valence-corrected chi connectivity index (χ0v) is 8.40. The zero-order chi connectivity index (χ0) is 9.54. The zero-order valence-electron chi connectivity index (χ0n) is 8.40. The summed E-state index contributed by atoms with van der Waals surface area (Å²) in [7, 11) is 0. The van der Waals surface area contributed by atoms with Crippen LogP contribution in [-0.2, 0) is 6.54 Å². The molecule has 2 heteroatoms. The summed E-state index contributed by atoms with van der Waals surface area (Å²) in [6.07, 6.45) is 2.65. The van der Waals surface area contributed by atoms with Crippen LogP contribution in [0.1, 0.15) is 31.4 Å². The Kier molecular flexibility index (Phi) is 1.63. The molecule has 0 N–H and O–H groups in total. The highest BCUT2D eigenvalue weighted by Gasteiger charge is 2.28. The summed E-state index contributed by atoms with van der Waals surface area (Å²) in [6, 6.07) is 8.56. The fraction of sp³-hybridized carbons (Fsp3) is 0.417. The summed E-state index contributed by atoms with van der Waals surface area (Å²) in [5.41, 5.74) is 2.61. The van der Waals surface area contributed by atoms with Crippen LogP contribution in [0.3, 0.4) is 0 Å². The second-order valence-electron chi connectivity index (χ2n) is 3.99. The first-order valence-corrected chi connectivity index (χ1v) is 5.35. The highest BCUT2D eigenvalue weighted by Crippen LogP contribution is 2.42. The number of hydrogen-bond acceptors (Lipinski definition) is 1. The van der Waals surface area contributed by atoms with Crippen molar-refractivity contribution in [2.75, 3.05) is 0 Å². The van der Waals surface area contributed by atoms with Crippen molar-refractivity contribution in [1.82, 2.24) is 9.78 Å². The quantitative estimate of drug-likeness (QED) is 0.705. The molecule has 0 bridgehead atoms. The Balaban J connectivity index is 2.28. The summed E-state index contributed by atoms with van der Waals surface area (Å²) in [6.45, 7) is 3.11. The number of benzene rings is 1. The van der Waals surface area contributed by atoms with E-state index in [1.807, 2.05) is 0 Å². The highest BCUT2D eigenvalue weighted by atomic mass is 15.3. The molecule has 0 unspecified atom stereocenters. The van der Waals surface area contributed by atoms with Gasteiger partial charge in [0.25, 0.3) is 0 Å². The Bertz CT molecular complexity index is 466. The largest absolute Gasteiger partial charge is 0.265 e. The smallest absolute Gasteiger partial charge is 0.0734 e. The van der Waals surface area contributed by atoms with Gasteiger partial charge in [-0.2, -0.15) is 5.10 Å². The molecule has 72 valence electrons. The molecule has 1 aliphatic rings. The SMILES string of the molecule is CCn1nc(C2CC2)c2ccccc21. The fourth-order valence-electron chi connectivity index (χ4n) is 2.05. The van der Waals surface area contributed by atoms with Gasteiger partial charge in [0.1, 0.15) is 0 Å². The van der Waals surface area contributed by atoms with E-state index in [2.05, 4.69) is 41.0 Å². The summed E-state index contributed by atoms with van der Waals surface area (Å²) >= 11 is 0. The van der Waals surface area contributed by atoms with Crippen molar-refractivity contribution in [3.05, 3.63) is 30.0 Å². The first kappa shape index (κ1) is 8.04. The van der Waals surface area contributed by atoms with Gasteiger partial charge in [-0.25, -0.2) is 0 Å². The van der Waals surface area contributed by atoms with E-state index in [1.165, 1.54) is 29.4 Å². The van der Waals surface area contributed by atoms with Crippen LogP contribution in [0.25, 0.3) is 10.9 Å². The normalized spacial score (nSPS) is 16.4. The van der Waals surface area contributed by atoms with Gasteiger partial charge in [0, 0.05) is 17.8 Å². The lowest BCUT2D eigenvalue weighted by Gasteiger charge is -1.95. The van der Waals surface area contributed by atoms with E-state index in [4.69, 9.17) is 0 Å². The van der Waals surface area contributed by atoms with Crippen LogP contribution in [0.4, 0.5) is 0 Å². The lowest BCUT2D eigenvalue weighted by molar-refractivity contribution is 0.669. The minimum Gasteiger partial charge on any atom is -0.265 e. The van der Waals surface area contributed by atoms with E-state index in [9.17, 15) is 0 Å². The van der Waals surface area contributed by atoms with Crippen LogP contribution in [0.15, 0.2) is 24.3 Å². The molecule has 0 atom stereocenters. The topological polar surface area (TPSA) is 17.8 Å². The minimum atomic E-state index is 0.743. The molecule has 2 aromatic rings. The van der Waals surface area contributed by atoms with Crippen molar-refractivity contribution in [2.24, 2.45) is 0 Å². The van der Waals surface area contributed by atoms with Gasteiger partial charge in [0.15, 0.2) is 0 Å². The van der Waals surface area contributed by atoms with Crippen LogP contribution < -0.4 is 0 Å². The van der Waals surface area contributed by atoms with Crippen molar-refractivity contribution in [2.45, 2.75) is 32.2 Å². The van der Waals surface area contributed by atoms with Gasteiger partial charge >= 0.3 is 0 Å². The van der Waals surface area contributed by atoms with E-state index in [0.29, 0.717) is 0 Å². The minimum absolute atomic E-state index is 0.743. The number of aryl methyl sites for hydroxylation is 1. The summed E-state index contributed by atoms with van der Waals surface area (Å²) < 4.78 is 2.11. The van der Waals surface area contributed by atoms with E-state index in [1.54, 1.807) is 0 Å². The van der Waals surface area contributed by atoms with Gasteiger partial charge in [-0.15, -0.1) is 0 Å². The molecule has 1 fully saturated rings. The number of hydrogen-bond donors (Lipinski definition) is 0. The van der Waals surface area contributed by atoms with E-state index in [0.717, 1.165) is 12.5 Å².